The zero-order chi connectivity index (χ0) is 14.7. The second-order valence-electron chi connectivity index (χ2n) is 4.51. The number of nitrogens with one attached hydrogen (secondary N) is 1. The number of amides is 1. The summed E-state index contributed by atoms with van der Waals surface area (Å²) in [4.78, 5) is 12.2. The normalized spacial score (nSPS) is 9.85. The Balaban J connectivity index is 2.36. The van der Waals surface area contributed by atoms with Crippen molar-refractivity contribution in [2.45, 2.75) is 13.8 Å². The van der Waals surface area contributed by atoms with Crippen LogP contribution in [0.15, 0.2) is 36.4 Å². The van der Waals surface area contributed by atoms with Crippen molar-refractivity contribution in [2.24, 2.45) is 0 Å². The van der Waals surface area contributed by atoms with E-state index < -0.39 is 0 Å². The van der Waals surface area contributed by atoms with Gasteiger partial charge in [0, 0.05) is 11.1 Å². The third-order valence-electron chi connectivity index (χ3n) is 3.18. The summed E-state index contributed by atoms with van der Waals surface area (Å²) in [6, 6.07) is 12.1. The first-order valence-electron chi connectivity index (χ1n) is 6.14. The summed E-state index contributed by atoms with van der Waals surface area (Å²) in [6.07, 6.45) is 0. The molecule has 1 amide bonds. The van der Waals surface area contributed by atoms with Crippen LogP contribution in [0.3, 0.4) is 0 Å². The van der Waals surface area contributed by atoms with Crippen LogP contribution in [0.2, 0.25) is 0 Å². The molecule has 0 aliphatic heterocycles. The molecule has 100 valence electrons. The van der Waals surface area contributed by atoms with E-state index in [1.54, 1.807) is 31.2 Å². The highest BCUT2D eigenvalue weighted by Gasteiger charge is 2.13. The summed E-state index contributed by atoms with van der Waals surface area (Å²) < 4.78 is 0. The van der Waals surface area contributed by atoms with Gasteiger partial charge in [-0.25, -0.2) is 0 Å². The first-order chi connectivity index (χ1) is 9.54. The van der Waals surface area contributed by atoms with Gasteiger partial charge in [0.15, 0.2) is 0 Å². The Bertz CT molecular complexity index is 715. The molecule has 0 aliphatic rings. The number of nitriles is 1. The Morgan fingerprint density at radius 2 is 1.90 bits per heavy atom. The monoisotopic (exact) mass is 266 g/mol. The molecule has 0 aliphatic carbocycles. The number of hydrogen-bond acceptors (Lipinski definition) is 3. The minimum Gasteiger partial charge on any atom is -0.508 e. The van der Waals surface area contributed by atoms with E-state index in [1.165, 1.54) is 6.07 Å². The number of hydrogen-bond donors (Lipinski definition) is 2. The van der Waals surface area contributed by atoms with E-state index >= 15 is 0 Å². The Labute approximate surface area is 117 Å². The number of anilines is 1. The van der Waals surface area contributed by atoms with Crippen LogP contribution in [-0.4, -0.2) is 11.0 Å². The van der Waals surface area contributed by atoms with Gasteiger partial charge in [-0.15, -0.1) is 0 Å². The number of phenols is 1. The van der Waals surface area contributed by atoms with Gasteiger partial charge in [0.25, 0.3) is 5.91 Å². The molecule has 0 saturated carbocycles. The predicted molar refractivity (Wildman–Crippen MR) is 76.7 cm³/mol. The summed E-state index contributed by atoms with van der Waals surface area (Å²) in [5.41, 5.74) is 2.61. The summed E-state index contributed by atoms with van der Waals surface area (Å²) in [5, 5.41) is 21.5. The molecule has 0 fully saturated rings. The molecule has 2 aromatic rings. The lowest BCUT2D eigenvalue weighted by Crippen LogP contribution is -2.14. The number of carbonyl (C=O) groups is 1. The largest absolute Gasteiger partial charge is 0.508 e. The van der Waals surface area contributed by atoms with Gasteiger partial charge in [-0.2, -0.15) is 5.26 Å². The smallest absolute Gasteiger partial charge is 0.256 e. The van der Waals surface area contributed by atoms with Gasteiger partial charge < -0.3 is 10.4 Å². The minimum atomic E-state index is -0.347. The Hall–Kier alpha value is -2.80. The van der Waals surface area contributed by atoms with Crippen molar-refractivity contribution in [3.05, 3.63) is 58.7 Å². The number of phenolic OH excluding ortho intramolecular Hbond substituents is 1. The number of carbonyl (C=O) groups excluding carboxylic acids is 1. The molecule has 4 heteroatoms. The van der Waals surface area contributed by atoms with E-state index in [1.807, 2.05) is 13.0 Å². The van der Waals surface area contributed by atoms with E-state index in [0.717, 1.165) is 5.56 Å². The van der Waals surface area contributed by atoms with Crippen LogP contribution < -0.4 is 5.32 Å². The van der Waals surface area contributed by atoms with Gasteiger partial charge in [0.2, 0.25) is 0 Å². The molecule has 0 atom stereocenters. The molecule has 0 bridgehead atoms. The summed E-state index contributed by atoms with van der Waals surface area (Å²) >= 11 is 0. The van der Waals surface area contributed by atoms with Crippen LogP contribution in [-0.2, 0) is 0 Å². The second kappa shape index (κ2) is 5.45. The van der Waals surface area contributed by atoms with Gasteiger partial charge in [-0.05, 0) is 37.6 Å². The van der Waals surface area contributed by atoms with Crippen molar-refractivity contribution in [1.29, 1.82) is 5.26 Å². The van der Waals surface area contributed by atoms with Crippen molar-refractivity contribution in [1.82, 2.24) is 0 Å². The van der Waals surface area contributed by atoms with E-state index in [0.29, 0.717) is 22.4 Å². The third-order valence-corrected chi connectivity index (χ3v) is 3.18. The molecule has 2 rings (SSSR count). The molecule has 0 unspecified atom stereocenters. The topological polar surface area (TPSA) is 73.1 Å². The number of rotatable bonds is 2. The van der Waals surface area contributed by atoms with Crippen molar-refractivity contribution in [3.63, 3.8) is 0 Å². The molecule has 0 saturated heterocycles. The Kier molecular flexibility index (Phi) is 3.72. The molecule has 2 aromatic carbocycles. The van der Waals surface area contributed by atoms with E-state index in [4.69, 9.17) is 5.26 Å². The maximum absolute atomic E-state index is 12.2. The first-order valence-corrected chi connectivity index (χ1v) is 6.14. The highest BCUT2D eigenvalue weighted by atomic mass is 16.3. The minimum absolute atomic E-state index is 0.0717. The van der Waals surface area contributed by atoms with Crippen LogP contribution in [0.1, 0.15) is 27.0 Å². The van der Waals surface area contributed by atoms with Gasteiger partial charge in [-0.1, -0.05) is 18.2 Å². The highest BCUT2D eigenvalue weighted by molar-refractivity contribution is 6.06. The molecule has 0 aromatic heterocycles. The van der Waals surface area contributed by atoms with E-state index in [2.05, 4.69) is 11.4 Å². The van der Waals surface area contributed by atoms with Gasteiger partial charge >= 0.3 is 0 Å². The van der Waals surface area contributed by atoms with Crippen molar-refractivity contribution in [3.8, 4) is 11.8 Å². The van der Waals surface area contributed by atoms with Crippen molar-refractivity contribution < 1.29 is 9.90 Å². The van der Waals surface area contributed by atoms with Crippen LogP contribution >= 0.6 is 0 Å². The number of benzene rings is 2. The predicted octanol–water partition coefficient (Wildman–Crippen LogP) is 3.13. The fraction of sp³-hybridized carbons (Fsp3) is 0.125. The molecule has 0 spiro atoms. The van der Waals surface area contributed by atoms with Crippen LogP contribution in [0.4, 0.5) is 5.69 Å². The zero-order valence-electron chi connectivity index (χ0n) is 11.3. The Morgan fingerprint density at radius 1 is 1.20 bits per heavy atom. The average Bonchev–Trinajstić information content (AvgIpc) is 2.42. The number of aromatic hydroxyl groups is 1. The second-order valence-corrected chi connectivity index (χ2v) is 4.51. The summed E-state index contributed by atoms with van der Waals surface area (Å²) in [7, 11) is 0. The number of aryl methyl sites for hydroxylation is 1. The fourth-order valence-electron chi connectivity index (χ4n) is 1.98. The van der Waals surface area contributed by atoms with Crippen molar-refractivity contribution in [2.75, 3.05) is 5.32 Å². The lowest BCUT2D eigenvalue weighted by atomic mass is 10.1. The number of nitrogens with zero attached hydrogens (tertiary/aromatic N) is 1. The fourth-order valence-corrected chi connectivity index (χ4v) is 1.98. The Morgan fingerprint density at radius 3 is 2.60 bits per heavy atom. The van der Waals surface area contributed by atoms with E-state index in [9.17, 15) is 9.90 Å². The quantitative estimate of drug-likeness (QED) is 0.877. The average molecular weight is 266 g/mol. The molecule has 0 radical (unpaired) electrons. The lowest BCUT2D eigenvalue weighted by Gasteiger charge is -2.11. The standard InChI is InChI=1S/C16H14N2O2/c1-10-5-3-7-14(13(10)9-17)18-16(20)12-6-4-8-15(19)11(12)2/h3-8,19H,1-2H3,(H,18,20). The summed E-state index contributed by atoms with van der Waals surface area (Å²) in [6.45, 7) is 3.49. The molecule has 2 N–H and O–H groups in total. The first kappa shape index (κ1) is 13.6. The van der Waals surface area contributed by atoms with E-state index in [-0.39, 0.29) is 11.7 Å². The van der Waals surface area contributed by atoms with Crippen LogP contribution in [0, 0.1) is 25.2 Å². The van der Waals surface area contributed by atoms with Gasteiger partial charge in [0.05, 0.1) is 11.3 Å². The SMILES string of the molecule is Cc1cccc(NC(=O)c2cccc(O)c2C)c1C#N. The van der Waals surface area contributed by atoms with Crippen LogP contribution in [0.25, 0.3) is 0 Å². The molecule has 0 heterocycles. The van der Waals surface area contributed by atoms with Gasteiger partial charge in [0.1, 0.15) is 11.8 Å². The third kappa shape index (κ3) is 2.47. The maximum Gasteiger partial charge on any atom is 0.256 e. The highest BCUT2D eigenvalue weighted by Crippen LogP contribution is 2.23. The van der Waals surface area contributed by atoms with Crippen molar-refractivity contribution >= 4 is 11.6 Å². The summed E-state index contributed by atoms with van der Waals surface area (Å²) in [5.74, 6) is -0.275. The zero-order valence-corrected chi connectivity index (χ0v) is 11.3. The molecule has 20 heavy (non-hydrogen) atoms. The molecular weight excluding hydrogens is 252 g/mol. The van der Waals surface area contributed by atoms with Crippen LogP contribution in [0.5, 0.6) is 5.75 Å². The van der Waals surface area contributed by atoms with Gasteiger partial charge in [-0.3, -0.25) is 4.79 Å². The molecule has 4 nitrogen and oxygen atoms in total. The molecular formula is C16H14N2O2. The lowest BCUT2D eigenvalue weighted by molar-refractivity contribution is 0.102. The maximum atomic E-state index is 12.2.